The van der Waals surface area contributed by atoms with Crippen LogP contribution in [0.2, 0.25) is 5.15 Å². The number of hydrogen-bond acceptors (Lipinski definition) is 3. The second kappa shape index (κ2) is 4.78. The summed E-state index contributed by atoms with van der Waals surface area (Å²) in [6.07, 6.45) is 1.22. The van der Waals surface area contributed by atoms with E-state index in [0.717, 1.165) is 0 Å². The lowest BCUT2D eigenvalue weighted by atomic mass is 10.4. The maximum absolute atomic E-state index is 11.7. The molecule has 0 saturated carbocycles. The van der Waals surface area contributed by atoms with E-state index >= 15 is 0 Å². The van der Waals surface area contributed by atoms with Gasteiger partial charge in [-0.2, -0.15) is 0 Å². The van der Waals surface area contributed by atoms with Crippen LogP contribution in [0.5, 0.6) is 0 Å². The van der Waals surface area contributed by atoms with Crippen LogP contribution in [0.4, 0.5) is 0 Å². The normalized spacial score (nSPS) is 12.1. The monoisotopic (exact) mass is 312 g/mol. The first-order valence-corrected chi connectivity index (χ1v) is 6.81. The van der Waals surface area contributed by atoms with E-state index < -0.39 is 10.0 Å². The van der Waals surface area contributed by atoms with Crippen LogP contribution in [0.25, 0.3) is 0 Å². The Labute approximate surface area is 102 Å². The molecule has 0 aliphatic rings. The molecule has 7 heteroatoms. The summed E-state index contributed by atoms with van der Waals surface area (Å²) in [6, 6.07) is 1.25. The number of aromatic nitrogens is 1. The quantitative estimate of drug-likeness (QED) is 0.870. The summed E-state index contributed by atoms with van der Waals surface area (Å²) in [4.78, 5) is 3.84. The topological polar surface area (TPSA) is 59.1 Å². The third-order valence-electron chi connectivity index (χ3n) is 1.47. The van der Waals surface area contributed by atoms with Crippen molar-refractivity contribution >= 4 is 37.6 Å². The third kappa shape index (κ3) is 3.41. The van der Waals surface area contributed by atoms with E-state index in [0.29, 0.717) is 4.47 Å². The Morgan fingerprint density at radius 3 is 2.60 bits per heavy atom. The molecule has 1 rings (SSSR count). The summed E-state index contributed by atoms with van der Waals surface area (Å²) in [7, 11) is -3.50. The average molecular weight is 314 g/mol. The first-order chi connectivity index (χ1) is 6.83. The second-order valence-corrected chi connectivity index (χ2v) is 6.15. The van der Waals surface area contributed by atoms with E-state index in [1.807, 2.05) is 0 Å². The van der Waals surface area contributed by atoms with Gasteiger partial charge in [0.15, 0.2) is 0 Å². The largest absolute Gasteiger partial charge is 0.242 e. The van der Waals surface area contributed by atoms with Gasteiger partial charge < -0.3 is 0 Å². The van der Waals surface area contributed by atoms with Crippen LogP contribution in [0, 0.1) is 0 Å². The number of pyridine rings is 1. The van der Waals surface area contributed by atoms with Crippen LogP contribution < -0.4 is 4.72 Å². The van der Waals surface area contributed by atoms with Gasteiger partial charge in [-0.15, -0.1) is 0 Å². The van der Waals surface area contributed by atoms with Crippen molar-refractivity contribution in [2.75, 3.05) is 0 Å². The molecule has 0 radical (unpaired) electrons. The number of halogens is 2. The molecule has 0 saturated heterocycles. The molecule has 0 spiro atoms. The number of hydrogen-bond donors (Lipinski definition) is 1. The van der Waals surface area contributed by atoms with Crippen molar-refractivity contribution in [2.45, 2.75) is 24.8 Å². The van der Waals surface area contributed by atoms with Crippen molar-refractivity contribution in [3.63, 3.8) is 0 Å². The highest BCUT2D eigenvalue weighted by Gasteiger charge is 2.16. The fourth-order valence-electron chi connectivity index (χ4n) is 0.929. The van der Waals surface area contributed by atoms with E-state index in [2.05, 4.69) is 25.6 Å². The molecule has 0 aliphatic carbocycles. The Morgan fingerprint density at radius 1 is 1.53 bits per heavy atom. The van der Waals surface area contributed by atoms with Gasteiger partial charge in [-0.25, -0.2) is 18.1 Å². The first kappa shape index (κ1) is 12.9. The maximum Gasteiger partial charge on any atom is 0.242 e. The predicted octanol–water partition coefficient (Wildman–Crippen LogP) is 2.18. The Balaban J connectivity index is 3.11. The smallest absolute Gasteiger partial charge is 0.242 e. The summed E-state index contributed by atoms with van der Waals surface area (Å²) in [6.45, 7) is 3.49. The van der Waals surface area contributed by atoms with Crippen LogP contribution >= 0.6 is 27.5 Å². The van der Waals surface area contributed by atoms with Crippen molar-refractivity contribution in [1.82, 2.24) is 9.71 Å². The third-order valence-corrected chi connectivity index (χ3v) is 4.23. The van der Waals surface area contributed by atoms with Crippen LogP contribution in [-0.2, 0) is 10.0 Å². The zero-order valence-electron chi connectivity index (χ0n) is 8.16. The fraction of sp³-hybridized carbons (Fsp3) is 0.375. The van der Waals surface area contributed by atoms with Crippen LogP contribution in [-0.4, -0.2) is 19.4 Å². The average Bonchev–Trinajstić information content (AvgIpc) is 2.07. The lowest BCUT2D eigenvalue weighted by Crippen LogP contribution is -2.30. The van der Waals surface area contributed by atoms with E-state index in [-0.39, 0.29) is 16.1 Å². The van der Waals surface area contributed by atoms with E-state index in [1.54, 1.807) is 13.8 Å². The van der Waals surface area contributed by atoms with Crippen molar-refractivity contribution in [1.29, 1.82) is 0 Å². The summed E-state index contributed by atoms with van der Waals surface area (Å²) >= 11 is 8.78. The SMILES string of the molecule is CC(C)NS(=O)(=O)c1cnc(Cl)c(Br)c1. The van der Waals surface area contributed by atoms with Gasteiger partial charge in [0.05, 0.1) is 4.47 Å². The van der Waals surface area contributed by atoms with Gasteiger partial charge in [0, 0.05) is 12.2 Å². The van der Waals surface area contributed by atoms with E-state index in [9.17, 15) is 8.42 Å². The minimum atomic E-state index is -3.50. The molecular formula is C8H10BrClN2O2S. The molecule has 15 heavy (non-hydrogen) atoms. The maximum atomic E-state index is 11.7. The number of nitrogens with one attached hydrogen (secondary N) is 1. The molecule has 0 bridgehead atoms. The highest BCUT2D eigenvalue weighted by atomic mass is 79.9. The Morgan fingerprint density at radius 2 is 2.13 bits per heavy atom. The molecule has 0 unspecified atom stereocenters. The molecule has 1 heterocycles. The van der Waals surface area contributed by atoms with Gasteiger partial charge in [-0.3, -0.25) is 0 Å². The van der Waals surface area contributed by atoms with Crippen molar-refractivity contribution in [2.24, 2.45) is 0 Å². The molecule has 1 aromatic heterocycles. The minimum Gasteiger partial charge on any atom is -0.242 e. The Bertz CT molecular complexity index is 462. The van der Waals surface area contributed by atoms with Gasteiger partial charge in [-0.05, 0) is 35.8 Å². The van der Waals surface area contributed by atoms with Gasteiger partial charge in [0.25, 0.3) is 0 Å². The van der Waals surface area contributed by atoms with Crippen LogP contribution in [0.15, 0.2) is 21.6 Å². The first-order valence-electron chi connectivity index (χ1n) is 4.16. The Hall–Kier alpha value is -0.170. The standard InChI is InChI=1S/C8H10BrClN2O2S/c1-5(2)12-15(13,14)6-3-7(9)8(10)11-4-6/h3-5,12H,1-2H3. The zero-order chi connectivity index (χ0) is 11.6. The number of nitrogens with zero attached hydrogens (tertiary/aromatic N) is 1. The molecule has 84 valence electrons. The van der Waals surface area contributed by atoms with Crippen molar-refractivity contribution < 1.29 is 8.42 Å². The lowest BCUT2D eigenvalue weighted by Gasteiger charge is -2.09. The lowest BCUT2D eigenvalue weighted by molar-refractivity contribution is 0.569. The van der Waals surface area contributed by atoms with Crippen LogP contribution in [0.1, 0.15) is 13.8 Å². The van der Waals surface area contributed by atoms with Crippen molar-refractivity contribution in [3.8, 4) is 0 Å². The fourth-order valence-corrected chi connectivity index (χ4v) is 2.75. The summed E-state index contributed by atoms with van der Waals surface area (Å²) in [5.74, 6) is 0. The molecule has 1 aromatic rings. The molecule has 0 aliphatic heterocycles. The highest BCUT2D eigenvalue weighted by molar-refractivity contribution is 9.10. The van der Waals surface area contributed by atoms with E-state index in [4.69, 9.17) is 11.6 Å². The molecule has 1 N–H and O–H groups in total. The molecule has 0 fully saturated rings. The molecule has 0 aromatic carbocycles. The molecular weight excluding hydrogens is 304 g/mol. The van der Waals surface area contributed by atoms with Crippen LogP contribution in [0.3, 0.4) is 0 Å². The zero-order valence-corrected chi connectivity index (χ0v) is 11.3. The highest BCUT2D eigenvalue weighted by Crippen LogP contribution is 2.22. The number of sulfonamides is 1. The predicted molar refractivity (Wildman–Crippen MR) is 62.4 cm³/mol. The second-order valence-electron chi connectivity index (χ2n) is 3.22. The van der Waals surface area contributed by atoms with Gasteiger partial charge in [-0.1, -0.05) is 11.6 Å². The minimum absolute atomic E-state index is 0.0903. The molecule has 0 atom stereocenters. The van der Waals surface area contributed by atoms with E-state index in [1.165, 1.54) is 12.3 Å². The molecule has 0 amide bonds. The summed E-state index contributed by atoms with van der Waals surface area (Å²) < 4.78 is 26.3. The summed E-state index contributed by atoms with van der Waals surface area (Å²) in [5, 5.41) is 0.235. The van der Waals surface area contributed by atoms with Crippen molar-refractivity contribution in [3.05, 3.63) is 21.9 Å². The summed E-state index contributed by atoms with van der Waals surface area (Å²) in [5.41, 5.74) is 0. The number of rotatable bonds is 3. The van der Waals surface area contributed by atoms with Gasteiger partial charge in [0.1, 0.15) is 10.0 Å². The Kier molecular flexibility index (Phi) is 4.11. The van der Waals surface area contributed by atoms with Gasteiger partial charge in [0.2, 0.25) is 10.0 Å². The van der Waals surface area contributed by atoms with Gasteiger partial charge >= 0.3 is 0 Å². The molecule has 4 nitrogen and oxygen atoms in total.